The molecule has 6 heteroatoms. The molecule has 1 unspecified atom stereocenters. The van der Waals surface area contributed by atoms with Gasteiger partial charge in [-0.1, -0.05) is 23.8 Å². The second-order valence-electron chi connectivity index (χ2n) is 7.33. The molecule has 5 N–H and O–H groups in total. The normalized spacial score (nSPS) is 20.0. The van der Waals surface area contributed by atoms with Crippen LogP contribution in [0.4, 0.5) is 5.69 Å². The van der Waals surface area contributed by atoms with Crippen LogP contribution in [0.3, 0.4) is 0 Å². The number of aliphatic hydroxyl groups excluding tert-OH is 1. The molecule has 144 valence electrons. The van der Waals surface area contributed by atoms with Gasteiger partial charge >= 0.3 is 0 Å². The number of phenols is 1. The Bertz CT molecular complexity index is 801. The zero-order chi connectivity index (χ0) is 19.6. The van der Waals surface area contributed by atoms with Crippen molar-refractivity contribution in [1.29, 1.82) is 0 Å². The number of amides is 1. The predicted octanol–water partition coefficient (Wildman–Crippen LogP) is 2.09. The van der Waals surface area contributed by atoms with Crippen LogP contribution in [0.5, 0.6) is 5.75 Å². The number of aromatic hydroxyl groups is 1. The molecule has 1 saturated carbocycles. The summed E-state index contributed by atoms with van der Waals surface area (Å²) in [4.78, 5) is 13.6. The third-order valence-electron chi connectivity index (χ3n) is 5.37. The maximum Gasteiger partial charge on any atom is 0.252 e. The van der Waals surface area contributed by atoms with E-state index in [-0.39, 0.29) is 11.3 Å². The molecular formula is C21H27N3O3. The lowest BCUT2D eigenvalue weighted by Gasteiger charge is -2.43. The summed E-state index contributed by atoms with van der Waals surface area (Å²) in [5, 5.41) is 23.4. The van der Waals surface area contributed by atoms with Gasteiger partial charge in [0.15, 0.2) is 0 Å². The van der Waals surface area contributed by atoms with Crippen LogP contribution in [0, 0.1) is 6.92 Å². The monoisotopic (exact) mass is 369 g/mol. The van der Waals surface area contributed by atoms with Gasteiger partial charge in [-0.2, -0.15) is 0 Å². The Morgan fingerprint density at radius 3 is 2.56 bits per heavy atom. The molecule has 2 aromatic rings. The molecule has 3 rings (SSSR count). The molecular weight excluding hydrogens is 342 g/mol. The number of benzene rings is 2. The van der Waals surface area contributed by atoms with E-state index in [1.807, 2.05) is 0 Å². The number of hydrogen-bond acceptors (Lipinski definition) is 5. The van der Waals surface area contributed by atoms with Crippen LogP contribution in [-0.2, 0) is 0 Å². The Labute approximate surface area is 159 Å². The van der Waals surface area contributed by atoms with Crippen LogP contribution in [0.1, 0.15) is 40.4 Å². The van der Waals surface area contributed by atoms with Gasteiger partial charge in [-0.25, -0.2) is 0 Å². The highest BCUT2D eigenvalue weighted by atomic mass is 16.3. The van der Waals surface area contributed by atoms with Crippen LogP contribution in [0.15, 0.2) is 42.5 Å². The predicted molar refractivity (Wildman–Crippen MR) is 106 cm³/mol. The smallest absolute Gasteiger partial charge is 0.252 e. The molecule has 6 nitrogen and oxygen atoms in total. The van der Waals surface area contributed by atoms with E-state index in [1.165, 1.54) is 23.4 Å². The quantitative estimate of drug-likeness (QED) is 0.599. The largest absolute Gasteiger partial charge is 0.507 e. The van der Waals surface area contributed by atoms with Crippen LogP contribution < -0.4 is 16.0 Å². The van der Waals surface area contributed by atoms with Crippen molar-refractivity contribution in [2.45, 2.75) is 38.0 Å². The van der Waals surface area contributed by atoms with E-state index in [9.17, 15) is 15.0 Å². The van der Waals surface area contributed by atoms with Crippen LogP contribution >= 0.6 is 0 Å². The molecule has 1 fully saturated rings. The Balaban J connectivity index is 1.49. The van der Waals surface area contributed by atoms with E-state index in [2.05, 4.69) is 48.5 Å². The minimum absolute atomic E-state index is 0.0231. The highest BCUT2D eigenvalue weighted by Gasteiger charge is 2.32. The SMILES string of the molecule is Cc1ccc(N(C)[C@H]2C[C@H](NCC(O)c3ccc(O)c(C(N)=O)c3)C2)cc1. The molecule has 2 aromatic carbocycles. The molecule has 0 spiro atoms. The Morgan fingerprint density at radius 2 is 1.93 bits per heavy atom. The van der Waals surface area contributed by atoms with E-state index in [0.717, 1.165) is 12.8 Å². The molecule has 0 radical (unpaired) electrons. The number of hydrogen-bond donors (Lipinski definition) is 4. The van der Waals surface area contributed by atoms with Gasteiger partial charge in [0.25, 0.3) is 5.91 Å². The Hall–Kier alpha value is -2.57. The molecule has 1 atom stereocenters. The van der Waals surface area contributed by atoms with Crippen molar-refractivity contribution in [1.82, 2.24) is 5.32 Å². The summed E-state index contributed by atoms with van der Waals surface area (Å²) in [6, 6.07) is 13.8. The minimum Gasteiger partial charge on any atom is -0.507 e. The van der Waals surface area contributed by atoms with Crippen molar-refractivity contribution in [2.75, 3.05) is 18.5 Å². The second-order valence-corrected chi connectivity index (χ2v) is 7.33. The number of nitrogens with zero attached hydrogens (tertiary/aromatic N) is 1. The third kappa shape index (κ3) is 4.40. The van der Waals surface area contributed by atoms with Crippen molar-refractivity contribution in [3.8, 4) is 5.75 Å². The first-order valence-electron chi connectivity index (χ1n) is 9.19. The summed E-state index contributed by atoms with van der Waals surface area (Å²) in [5.41, 5.74) is 8.28. The van der Waals surface area contributed by atoms with Gasteiger partial charge in [-0.15, -0.1) is 0 Å². The maximum absolute atomic E-state index is 11.3. The van der Waals surface area contributed by atoms with Crippen molar-refractivity contribution in [2.24, 2.45) is 5.73 Å². The number of carbonyl (C=O) groups excluding carboxylic acids is 1. The first-order valence-corrected chi connectivity index (χ1v) is 9.19. The van der Waals surface area contributed by atoms with Gasteiger partial charge in [-0.3, -0.25) is 4.79 Å². The third-order valence-corrected chi connectivity index (χ3v) is 5.37. The Morgan fingerprint density at radius 1 is 1.26 bits per heavy atom. The van der Waals surface area contributed by atoms with E-state index in [4.69, 9.17) is 5.73 Å². The van der Waals surface area contributed by atoms with Gasteiger partial charge in [0, 0.05) is 31.4 Å². The van der Waals surface area contributed by atoms with E-state index < -0.39 is 12.0 Å². The maximum atomic E-state index is 11.3. The number of rotatable bonds is 7. The van der Waals surface area contributed by atoms with Gasteiger partial charge < -0.3 is 26.2 Å². The number of nitrogens with one attached hydrogen (secondary N) is 1. The summed E-state index contributed by atoms with van der Waals surface area (Å²) in [6.45, 7) is 2.47. The molecule has 27 heavy (non-hydrogen) atoms. The number of aryl methyl sites for hydroxylation is 1. The van der Waals surface area contributed by atoms with E-state index in [1.54, 1.807) is 6.07 Å². The van der Waals surface area contributed by atoms with Crippen LogP contribution in [-0.4, -0.2) is 41.8 Å². The van der Waals surface area contributed by atoms with Gasteiger partial charge in [0.2, 0.25) is 0 Å². The number of aliphatic hydroxyl groups is 1. The summed E-state index contributed by atoms with van der Waals surface area (Å²) >= 11 is 0. The lowest BCUT2D eigenvalue weighted by atomic mass is 9.85. The lowest BCUT2D eigenvalue weighted by molar-refractivity contribution is 0.0997. The summed E-state index contributed by atoms with van der Waals surface area (Å²) in [5.74, 6) is -0.886. The van der Waals surface area contributed by atoms with Crippen molar-refractivity contribution in [3.05, 3.63) is 59.2 Å². The second kappa shape index (κ2) is 7.98. The average molecular weight is 369 g/mol. The fourth-order valence-corrected chi connectivity index (χ4v) is 3.42. The molecule has 0 bridgehead atoms. The first-order chi connectivity index (χ1) is 12.8. The highest BCUT2D eigenvalue weighted by Crippen LogP contribution is 2.29. The molecule has 1 aliphatic carbocycles. The summed E-state index contributed by atoms with van der Waals surface area (Å²) < 4.78 is 0. The van der Waals surface area contributed by atoms with Gasteiger partial charge in [-0.05, 0) is 49.6 Å². The Kier molecular flexibility index (Phi) is 5.68. The minimum atomic E-state index is -0.766. The topological polar surface area (TPSA) is 98.8 Å². The van der Waals surface area contributed by atoms with Crippen LogP contribution in [0.25, 0.3) is 0 Å². The zero-order valence-electron chi connectivity index (χ0n) is 15.7. The highest BCUT2D eigenvalue weighted by molar-refractivity contribution is 5.95. The fraction of sp³-hybridized carbons (Fsp3) is 0.381. The number of nitrogens with two attached hydrogens (primary N) is 1. The molecule has 0 aliphatic heterocycles. The number of primary amides is 1. The standard InChI is InChI=1S/C21H27N3O3/c1-13-3-6-16(7-4-13)24(2)17-10-15(11-17)23-12-20(26)14-5-8-19(25)18(9-14)21(22)27/h3-9,15,17,20,23,25-26H,10-12H2,1-2H3,(H2,22,27)/t15-,17-,20?. The first kappa shape index (κ1) is 19.2. The molecule has 1 amide bonds. The average Bonchev–Trinajstić information content (AvgIpc) is 2.60. The number of anilines is 1. The number of carbonyl (C=O) groups is 1. The zero-order valence-corrected chi connectivity index (χ0v) is 15.7. The van der Waals surface area contributed by atoms with Crippen molar-refractivity contribution in [3.63, 3.8) is 0 Å². The fourth-order valence-electron chi connectivity index (χ4n) is 3.42. The van der Waals surface area contributed by atoms with Gasteiger partial charge in [0.1, 0.15) is 5.75 Å². The van der Waals surface area contributed by atoms with E-state index in [0.29, 0.717) is 24.2 Å². The molecule has 1 aliphatic rings. The molecule has 0 heterocycles. The van der Waals surface area contributed by atoms with E-state index >= 15 is 0 Å². The molecule has 0 saturated heterocycles. The van der Waals surface area contributed by atoms with Crippen molar-refractivity contribution >= 4 is 11.6 Å². The summed E-state index contributed by atoms with van der Waals surface area (Å²) in [6.07, 6.45) is 1.26. The lowest BCUT2D eigenvalue weighted by Crippen LogP contribution is -2.52. The molecule has 0 aromatic heterocycles. The van der Waals surface area contributed by atoms with Gasteiger partial charge in [0.05, 0.1) is 11.7 Å². The summed E-state index contributed by atoms with van der Waals surface area (Å²) in [7, 11) is 2.11. The van der Waals surface area contributed by atoms with Crippen molar-refractivity contribution < 1.29 is 15.0 Å². The van der Waals surface area contributed by atoms with Crippen LogP contribution in [0.2, 0.25) is 0 Å².